The van der Waals surface area contributed by atoms with Crippen LogP contribution in [0.5, 0.6) is 0 Å². The molecular formula is C15H10Br2IN. The molecule has 4 heteroatoms. The van der Waals surface area contributed by atoms with Crippen LogP contribution in [0.25, 0.3) is 0 Å². The van der Waals surface area contributed by atoms with E-state index in [2.05, 4.69) is 90.8 Å². The van der Waals surface area contributed by atoms with Crippen LogP contribution in [0.3, 0.4) is 0 Å². The maximum atomic E-state index is 4.73. The predicted molar refractivity (Wildman–Crippen MR) is 95.2 cm³/mol. The van der Waals surface area contributed by atoms with Gasteiger partial charge in [0.1, 0.15) is 0 Å². The van der Waals surface area contributed by atoms with E-state index < -0.39 is 0 Å². The highest BCUT2D eigenvalue weighted by Crippen LogP contribution is 2.30. The molecule has 96 valence electrons. The SMILES string of the molecule is Brc1cc2c(cc1Br)C(c1cccc(I)c1)=NCC2. The van der Waals surface area contributed by atoms with Gasteiger partial charge in [0.05, 0.1) is 5.71 Å². The van der Waals surface area contributed by atoms with Crippen LogP contribution in [0, 0.1) is 3.57 Å². The highest BCUT2D eigenvalue weighted by molar-refractivity contribution is 14.1. The van der Waals surface area contributed by atoms with E-state index >= 15 is 0 Å². The highest BCUT2D eigenvalue weighted by atomic mass is 127. The second-order valence-corrected chi connectivity index (χ2v) is 7.37. The summed E-state index contributed by atoms with van der Waals surface area (Å²) in [4.78, 5) is 4.73. The van der Waals surface area contributed by atoms with Gasteiger partial charge in [0.15, 0.2) is 0 Å². The van der Waals surface area contributed by atoms with Crippen molar-refractivity contribution in [3.63, 3.8) is 0 Å². The van der Waals surface area contributed by atoms with E-state index in [0.29, 0.717) is 0 Å². The summed E-state index contributed by atoms with van der Waals surface area (Å²) in [6.07, 6.45) is 1.01. The third kappa shape index (κ3) is 2.81. The molecule has 1 heterocycles. The molecule has 0 fully saturated rings. The average molecular weight is 491 g/mol. The molecule has 0 radical (unpaired) electrons. The predicted octanol–water partition coefficient (Wildman–Crippen LogP) is 5.21. The molecule has 1 nitrogen and oxygen atoms in total. The summed E-state index contributed by atoms with van der Waals surface area (Å²) < 4.78 is 3.42. The lowest BCUT2D eigenvalue weighted by Gasteiger charge is -2.18. The summed E-state index contributed by atoms with van der Waals surface area (Å²) in [6, 6.07) is 12.9. The standard InChI is InChI=1S/C15H10Br2IN/c16-13-7-9-4-5-19-15(12(9)8-14(13)17)10-2-1-3-11(18)6-10/h1-3,6-8H,4-5H2. The molecule has 0 unspecified atom stereocenters. The van der Waals surface area contributed by atoms with Gasteiger partial charge < -0.3 is 0 Å². The number of fused-ring (bicyclic) bond motifs is 1. The van der Waals surface area contributed by atoms with Crippen molar-refractivity contribution in [3.8, 4) is 0 Å². The molecule has 2 aromatic rings. The second kappa shape index (κ2) is 5.66. The van der Waals surface area contributed by atoms with Crippen LogP contribution in [0.1, 0.15) is 16.7 Å². The smallest absolute Gasteiger partial charge is 0.0722 e. The van der Waals surface area contributed by atoms with Crippen molar-refractivity contribution in [1.82, 2.24) is 0 Å². The topological polar surface area (TPSA) is 12.4 Å². The van der Waals surface area contributed by atoms with Crippen molar-refractivity contribution in [2.75, 3.05) is 6.54 Å². The fraction of sp³-hybridized carbons (Fsp3) is 0.133. The fourth-order valence-electron chi connectivity index (χ4n) is 2.27. The number of aliphatic imine (C=N–C) groups is 1. The number of rotatable bonds is 1. The monoisotopic (exact) mass is 489 g/mol. The van der Waals surface area contributed by atoms with Crippen LogP contribution in [0.15, 0.2) is 50.3 Å². The van der Waals surface area contributed by atoms with E-state index in [-0.39, 0.29) is 0 Å². The fourth-order valence-corrected chi connectivity index (χ4v) is 3.55. The summed E-state index contributed by atoms with van der Waals surface area (Å²) >= 11 is 9.50. The Hall–Kier alpha value is -0.200. The first-order valence-electron chi connectivity index (χ1n) is 5.94. The van der Waals surface area contributed by atoms with Crippen molar-refractivity contribution >= 4 is 60.2 Å². The molecule has 0 amide bonds. The lowest BCUT2D eigenvalue weighted by atomic mass is 9.93. The number of halogens is 3. The van der Waals surface area contributed by atoms with Gasteiger partial charge in [-0.2, -0.15) is 0 Å². The first-order valence-corrected chi connectivity index (χ1v) is 8.60. The van der Waals surface area contributed by atoms with Crippen molar-refractivity contribution < 1.29 is 0 Å². The van der Waals surface area contributed by atoms with Gasteiger partial charge in [0.2, 0.25) is 0 Å². The zero-order valence-electron chi connectivity index (χ0n) is 9.96. The molecule has 0 bridgehead atoms. The molecule has 3 rings (SSSR count). The molecule has 0 saturated carbocycles. The lowest BCUT2D eigenvalue weighted by molar-refractivity contribution is 0.942. The Morgan fingerprint density at radius 1 is 1.05 bits per heavy atom. The zero-order chi connectivity index (χ0) is 13.4. The van der Waals surface area contributed by atoms with Gasteiger partial charge in [-0.05, 0) is 90.7 Å². The van der Waals surface area contributed by atoms with Crippen LogP contribution in [0.4, 0.5) is 0 Å². The first kappa shape index (κ1) is 13.8. The highest BCUT2D eigenvalue weighted by Gasteiger charge is 2.17. The van der Waals surface area contributed by atoms with Gasteiger partial charge in [-0.1, -0.05) is 12.1 Å². The molecule has 0 atom stereocenters. The molecule has 0 N–H and O–H groups in total. The Labute approximate surface area is 142 Å². The number of nitrogens with zero attached hydrogens (tertiary/aromatic N) is 1. The Bertz CT molecular complexity index is 680. The van der Waals surface area contributed by atoms with Gasteiger partial charge in [0.25, 0.3) is 0 Å². The van der Waals surface area contributed by atoms with E-state index in [1.54, 1.807) is 0 Å². The summed E-state index contributed by atoms with van der Waals surface area (Å²) in [5.41, 5.74) is 4.90. The van der Waals surface area contributed by atoms with Crippen molar-refractivity contribution in [1.29, 1.82) is 0 Å². The van der Waals surface area contributed by atoms with Crippen molar-refractivity contribution in [3.05, 3.63) is 65.6 Å². The average Bonchev–Trinajstić information content (AvgIpc) is 2.39. The van der Waals surface area contributed by atoms with E-state index in [4.69, 9.17) is 4.99 Å². The van der Waals surface area contributed by atoms with Crippen molar-refractivity contribution in [2.45, 2.75) is 6.42 Å². The minimum atomic E-state index is 0.863. The number of benzene rings is 2. The van der Waals surface area contributed by atoms with E-state index in [1.807, 2.05) is 0 Å². The molecule has 1 aliphatic rings. The normalized spacial score (nSPS) is 13.9. The number of hydrogen-bond donors (Lipinski definition) is 0. The minimum absolute atomic E-state index is 0.863. The van der Waals surface area contributed by atoms with Gasteiger partial charge in [0, 0.05) is 30.2 Å². The second-order valence-electron chi connectivity index (χ2n) is 4.41. The molecule has 0 aromatic heterocycles. The molecule has 0 aliphatic carbocycles. The maximum absolute atomic E-state index is 4.73. The molecule has 2 aromatic carbocycles. The summed E-state index contributed by atoms with van der Waals surface area (Å²) in [6.45, 7) is 0.863. The van der Waals surface area contributed by atoms with Crippen LogP contribution in [-0.2, 0) is 6.42 Å². The van der Waals surface area contributed by atoms with E-state index in [0.717, 1.165) is 27.6 Å². The third-order valence-electron chi connectivity index (χ3n) is 3.15. The lowest BCUT2D eigenvalue weighted by Crippen LogP contribution is -2.14. The quantitative estimate of drug-likeness (QED) is 0.487. The van der Waals surface area contributed by atoms with Crippen LogP contribution >= 0.6 is 54.5 Å². The Balaban J connectivity index is 2.15. The largest absolute Gasteiger partial charge is 0.284 e. The molecule has 0 saturated heterocycles. The van der Waals surface area contributed by atoms with Crippen LogP contribution < -0.4 is 0 Å². The van der Waals surface area contributed by atoms with Crippen molar-refractivity contribution in [2.24, 2.45) is 4.99 Å². The molecular weight excluding hydrogens is 481 g/mol. The van der Waals surface area contributed by atoms with E-state index in [9.17, 15) is 0 Å². The van der Waals surface area contributed by atoms with E-state index in [1.165, 1.54) is 20.3 Å². The van der Waals surface area contributed by atoms with Crippen LogP contribution in [0.2, 0.25) is 0 Å². The third-order valence-corrected chi connectivity index (χ3v) is 5.67. The summed E-state index contributed by atoms with van der Waals surface area (Å²) in [5.74, 6) is 0. The zero-order valence-corrected chi connectivity index (χ0v) is 15.3. The number of hydrogen-bond acceptors (Lipinski definition) is 1. The van der Waals surface area contributed by atoms with Gasteiger partial charge in [-0.3, -0.25) is 4.99 Å². The van der Waals surface area contributed by atoms with Gasteiger partial charge in [-0.15, -0.1) is 0 Å². The Morgan fingerprint density at radius 2 is 1.84 bits per heavy atom. The minimum Gasteiger partial charge on any atom is -0.284 e. The summed E-state index contributed by atoms with van der Waals surface area (Å²) in [5, 5.41) is 0. The Morgan fingerprint density at radius 3 is 2.63 bits per heavy atom. The van der Waals surface area contributed by atoms with Gasteiger partial charge >= 0.3 is 0 Å². The maximum Gasteiger partial charge on any atom is 0.0722 e. The van der Waals surface area contributed by atoms with Crippen LogP contribution in [-0.4, -0.2) is 12.3 Å². The first-order chi connectivity index (χ1) is 9.15. The molecule has 0 spiro atoms. The molecule has 1 aliphatic heterocycles. The Kier molecular flexibility index (Phi) is 4.10. The summed E-state index contributed by atoms with van der Waals surface area (Å²) in [7, 11) is 0. The molecule has 19 heavy (non-hydrogen) atoms. The van der Waals surface area contributed by atoms with Gasteiger partial charge in [-0.25, -0.2) is 0 Å².